The maximum atomic E-state index is 12.6. The van der Waals surface area contributed by atoms with Crippen LogP contribution >= 0.6 is 0 Å². The zero-order valence-electron chi connectivity index (χ0n) is 18.6. The molecule has 0 spiro atoms. The first-order valence-electron chi connectivity index (χ1n) is 10.0. The fourth-order valence-corrected chi connectivity index (χ4v) is 3.15. The van der Waals surface area contributed by atoms with Gasteiger partial charge in [-0.1, -0.05) is 19.1 Å². The number of benzene rings is 2. The van der Waals surface area contributed by atoms with Crippen LogP contribution in [0.3, 0.4) is 0 Å². The lowest BCUT2D eigenvalue weighted by Crippen LogP contribution is -2.17. The molecule has 176 valence electrons. The van der Waals surface area contributed by atoms with Gasteiger partial charge in [0.15, 0.2) is 5.82 Å². The van der Waals surface area contributed by atoms with Gasteiger partial charge in [0, 0.05) is 18.2 Å². The van der Waals surface area contributed by atoms with Gasteiger partial charge < -0.3 is 24.3 Å². The molecule has 0 atom stereocenters. The Kier molecular flexibility index (Phi) is 7.47. The van der Waals surface area contributed by atoms with Crippen molar-refractivity contribution in [2.75, 3.05) is 26.6 Å². The number of anilines is 1. The number of nitrogens with zero attached hydrogens (tertiary/aromatic N) is 2. The monoisotopic (exact) mass is 463 g/mol. The van der Waals surface area contributed by atoms with Crippen LogP contribution in [-0.2, 0) is 13.0 Å². The molecule has 0 saturated carbocycles. The van der Waals surface area contributed by atoms with Crippen molar-refractivity contribution in [3.63, 3.8) is 0 Å². The molecule has 3 aromatic rings. The molecular formula is C23H24F3N3O4. The van der Waals surface area contributed by atoms with Crippen molar-refractivity contribution in [1.82, 2.24) is 9.97 Å². The Labute approximate surface area is 189 Å². The normalized spacial score (nSPS) is 11.1. The van der Waals surface area contributed by atoms with E-state index in [1.54, 1.807) is 7.11 Å². The summed E-state index contributed by atoms with van der Waals surface area (Å²) in [5, 5.41) is 3.26. The van der Waals surface area contributed by atoms with E-state index in [1.165, 1.54) is 26.4 Å². The summed E-state index contributed by atoms with van der Waals surface area (Å²) in [6.07, 6.45) is -4.25. The molecule has 0 unspecified atom stereocenters. The van der Waals surface area contributed by atoms with Crippen LogP contribution in [0, 0.1) is 0 Å². The lowest BCUT2D eigenvalue weighted by molar-refractivity contribution is -0.274. The SMILES string of the molecule is CCc1nc(-c2ccc(OC(F)(F)F)cc2OC)c(OC)nc1NCc1ccc(OC)cc1. The number of nitrogens with one attached hydrogen (secondary N) is 1. The first-order valence-corrected chi connectivity index (χ1v) is 10.0. The van der Waals surface area contributed by atoms with Crippen LogP contribution in [0.15, 0.2) is 42.5 Å². The van der Waals surface area contributed by atoms with E-state index in [-0.39, 0.29) is 11.6 Å². The Hall–Kier alpha value is -3.69. The third kappa shape index (κ3) is 5.97. The van der Waals surface area contributed by atoms with Gasteiger partial charge in [-0.3, -0.25) is 0 Å². The third-order valence-corrected chi connectivity index (χ3v) is 4.74. The molecule has 0 amide bonds. The molecule has 2 aromatic carbocycles. The molecule has 0 bridgehead atoms. The van der Waals surface area contributed by atoms with Crippen molar-refractivity contribution >= 4 is 5.82 Å². The van der Waals surface area contributed by atoms with Gasteiger partial charge in [-0.2, -0.15) is 4.98 Å². The van der Waals surface area contributed by atoms with E-state index in [0.29, 0.717) is 35.7 Å². The van der Waals surface area contributed by atoms with Gasteiger partial charge in [0.05, 0.1) is 27.0 Å². The Balaban J connectivity index is 1.93. The fourth-order valence-electron chi connectivity index (χ4n) is 3.15. The van der Waals surface area contributed by atoms with Gasteiger partial charge in [-0.25, -0.2) is 4.98 Å². The molecule has 0 aliphatic heterocycles. The molecule has 0 aliphatic rings. The first-order chi connectivity index (χ1) is 15.8. The van der Waals surface area contributed by atoms with Crippen molar-refractivity contribution in [1.29, 1.82) is 0 Å². The van der Waals surface area contributed by atoms with E-state index in [4.69, 9.17) is 14.2 Å². The summed E-state index contributed by atoms with van der Waals surface area (Å²) in [6, 6.07) is 11.4. The van der Waals surface area contributed by atoms with E-state index in [0.717, 1.165) is 17.4 Å². The predicted molar refractivity (Wildman–Crippen MR) is 117 cm³/mol. The lowest BCUT2D eigenvalue weighted by atomic mass is 10.1. The Morgan fingerprint density at radius 1 is 0.879 bits per heavy atom. The average Bonchev–Trinajstić information content (AvgIpc) is 2.81. The number of methoxy groups -OCH3 is 3. The Morgan fingerprint density at radius 2 is 1.58 bits per heavy atom. The summed E-state index contributed by atoms with van der Waals surface area (Å²) in [5.74, 6) is 1.26. The second-order valence-corrected chi connectivity index (χ2v) is 6.84. The lowest BCUT2D eigenvalue weighted by Gasteiger charge is -2.17. The van der Waals surface area contributed by atoms with Crippen LogP contribution in [0.5, 0.6) is 23.1 Å². The molecule has 1 heterocycles. The number of hydrogen-bond donors (Lipinski definition) is 1. The van der Waals surface area contributed by atoms with Gasteiger partial charge in [0.25, 0.3) is 0 Å². The van der Waals surface area contributed by atoms with Gasteiger partial charge in [-0.15, -0.1) is 13.2 Å². The zero-order chi connectivity index (χ0) is 24.0. The van der Waals surface area contributed by atoms with Crippen LogP contribution < -0.4 is 24.3 Å². The summed E-state index contributed by atoms with van der Waals surface area (Å²) in [5.41, 5.74) is 2.45. The molecule has 33 heavy (non-hydrogen) atoms. The highest BCUT2D eigenvalue weighted by atomic mass is 19.4. The van der Waals surface area contributed by atoms with E-state index >= 15 is 0 Å². The highest BCUT2D eigenvalue weighted by Gasteiger charge is 2.31. The summed E-state index contributed by atoms with van der Waals surface area (Å²) >= 11 is 0. The van der Waals surface area contributed by atoms with Gasteiger partial charge in [-0.05, 0) is 36.2 Å². The molecule has 3 rings (SSSR count). The first kappa shape index (κ1) is 24.0. The van der Waals surface area contributed by atoms with Crippen LogP contribution in [0.4, 0.5) is 19.0 Å². The number of halogens is 3. The van der Waals surface area contributed by atoms with Crippen molar-refractivity contribution < 1.29 is 32.1 Å². The highest BCUT2D eigenvalue weighted by Crippen LogP contribution is 2.38. The number of hydrogen-bond acceptors (Lipinski definition) is 7. The highest BCUT2D eigenvalue weighted by molar-refractivity contribution is 5.73. The largest absolute Gasteiger partial charge is 0.573 e. The minimum atomic E-state index is -4.81. The van der Waals surface area contributed by atoms with Crippen LogP contribution in [0.2, 0.25) is 0 Å². The number of alkyl halides is 3. The molecule has 0 fully saturated rings. The van der Waals surface area contributed by atoms with E-state index in [2.05, 4.69) is 20.0 Å². The van der Waals surface area contributed by atoms with Crippen LogP contribution in [0.25, 0.3) is 11.3 Å². The number of aryl methyl sites for hydroxylation is 1. The van der Waals surface area contributed by atoms with E-state index in [9.17, 15) is 13.2 Å². The van der Waals surface area contributed by atoms with Crippen molar-refractivity contribution in [3.05, 3.63) is 53.7 Å². The number of aromatic nitrogens is 2. The average molecular weight is 463 g/mol. The van der Waals surface area contributed by atoms with Gasteiger partial charge in [0.2, 0.25) is 5.88 Å². The number of ether oxygens (including phenoxy) is 4. The Morgan fingerprint density at radius 3 is 2.15 bits per heavy atom. The summed E-state index contributed by atoms with van der Waals surface area (Å²) in [6.45, 7) is 2.43. The maximum Gasteiger partial charge on any atom is 0.573 e. The molecule has 0 radical (unpaired) electrons. The maximum absolute atomic E-state index is 12.6. The van der Waals surface area contributed by atoms with Crippen LogP contribution in [-0.4, -0.2) is 37.7 Å². The van der Waals surface area contributed by atoms with E-state index < -0.39 is 12.1 Å². The smallest absolute Gasteiger partial charge is 0.497 e. The standard InChI is InChI=1S/C23H24F3N3O4/c1-5-18-21(27-13-14-6-8-15(30-2)9-7-14)29-22(32-4)20(28-18)17-11-10-16(12-19(17)31-3)33-23(24,25)26/h6-12H,5,13H2,1-4H3,(H,27,29). The number of rotatable bonds is 9. The minimum Gasteiger partial charge on any atom is -0.497 e. The summed E-state index contributed by atoms with van der Waals surface area (Å²) in [4.78, 5) is 9.23. The molecule has 0 saturated heterocycles. The van der Waals surface area contributed by atoms with E-state index in [1.807, 2.05) is 31.2 Å². The zero-order valence-corrected chi connectivity index (χ0v) is 18.6. The molecule has 7 nitrogen and oxygen atoms in total. The minimum absolute atomic E-state index is 0.144. The summed E-state index contributed by atoms with van der Waals surface area (Å²) < 4.78 is 57.6. The van der Waals surface area contributed by atoms with Gasteiger partial charge >= 0.3 is 6.36 Å². The third-order valence-electron chi connectivity index (χ3n) is 4.74. The quantitative estimate of drug-likeness (QED) is 0.465. The second-order valence-electron chi connectivity index (χ2n) is 6.84. The van der Waals surface area contributed by atoms with Crippen LogP contribution in [0.1, 0.15) is 18.2 Å². The van der Waals surface area contributed by atoms with Gasteiger partial charge in [0.1, 0.15) is 22.9 Å². The van der Waals surface area contributed by atoms with Crippen molar-refractivity contribution in [3.8, 4) is 34.4 Å². The topological polar surface area (TPSA) is 74.7 Å². The Bertz CT molecular complexity index is 1090. The van der Waals surface area contributed by atoms with Crippen molar-refractivity contribution in [2.45, 2.75) is 26.3 Å². The van der Waals surface area contributed by atoms with Crippen molar-refractivity contribution in [2.24, 2.45) is 0 Å². The second kappa shape index (κ2) is 10.3. The fraction of sp³-hybridized carbons (Fsp3) is 0.304. The molecular weight excluding hydrogens is 439 g/mol. The molecule has 1 N–H and O–H groups in total. The predicted octanol–water partition coefficient (Wildman–Crippen LogP) is 5.24. The summed E-state index contributed by atoms with van der Waals surface area (Å²) in [7, 11) is 4.40. The molecule has 0 aliphatic carbocycles. The molecule has 10 heteroatoms. The molecule has 1 aromatic heterocycles.